The summed E-state index contributed by atoms with van der Waals surface area (Å²) in [6.45, 7) is 0.858. The van der Waals surface area contributed by atoms with Crippen molar-refractivity contribution in [1.82, 2.24) is 45.0 Å². The topological polar surface area (TPSA) is 128 Å². The molecule has 3 aromatic heterocycles. The number of carbonyl (C=O) groups excluding carboxylic acids is 1. The Morgan fingerprint density at radius 3 is 2.66 bits per heavy atom. The zero-order chi connectivity index (χ0) is 24.0. The first-order valence-corrected chi connectivity index (χ1v) is 10.9. The number of hydrogen-bond donors (Lipinski definition) is 2. The van der Waals surface area contributed by atoms with Crippen molar-refractivity contribution in [3.05, 3.63) is 96.5 Å². The van der Waals surface area contributed by atoms with Crippen molar-refractivity contribution in [2.24, 2.45) is 7.05 Å². The van der Waals surface area contributed by atoms with Crippen LogP contribution < -0.4 is 10.6 Å². The first kappa shape index (κ1) is 21.9. The van der Waals surface area contributed by atoms with E-state index in [1.54, 1.807) is 35.4 Å². The van der Waals surface area contributed by atoms with Crippen LogP contribution in [0.15, 0.2) is 79.5 Å². The zero-order valence-electron chi connectivity index (χ0n) is 18.9. The largest absolute Gasteiger partial charge is 0.378 e. The van der Waals surface area contributed by atoms with Crippen molar-refractivity contribution in [2.45, 2.75) is 13.1 Å². The molecule has 2 N–H and O–H groups in total. The number of hydrogen-bond acceptors (Lipinski definition) is 8. The van der Waals surface area contributed by atoms with E-state index in [-0.39, 0.29) is 5.91 Å². The summed E-state index contributed by atoms with van der Waals surface area (Å²) in [4.78, 5) is 20.9. The van der Waals surface area contributed by atoms with Crippen molar-refractivity contribution in [2.75, 3.05) is 5.32 Å². The Bertz CT molecular complexity index is 1410. The third kappa shape index (κ3) is 5.03. The SMILES string of the molecule is Cn1c(CNc2cccc(C(=O)NCc3ccc(-n4ccnn4)cc3)c2)nnc1-c1ccncn1. The molecule has 5 aromatic rings. The second kappa shape index (κ2) is 9.91. The van der Waals surface area contributed by atoms with Crippen LogP contribution in [0.2, 0.25) is 0 Å². The van der Waals surface area contributed by atoms with Gasteiger partial charge in [-0.1, -0.05) is 23.4 Å². The molecular formula is C24H22N10O. The van der Waals surface area contributed by atoms with Crippen LogP contribution in [0, 0.1) is 0 Å². The Labute approximate surface area is 200 Å². The number of carbonyl (C=O) groups is 1. The number of nitrogens with one attached hydrogen (secondary N) is 2. The fourth-order valence-corrected chi connectivity index (χ4v) is 3.51. The molecule has 0 aliphatic carbocycles. The van der Waals surface area contributed by atoms with Gasteiger partial charge in [-0.3, -0.25) is 4.79 Å². The summed E-state index contributed by atoms with van der Waals surface area (Å²) in [6.07, 6.45) is 6.55. The van der Waals surface area contributed by atoms with Crippen LogP contribution in [0.4, 0.5) is 5.69 Å². The highest BCUT2D eigenvalue weighted by molar-refractivity contribution is 5.95. The van der Waals surface area contributed by atoms with Crippen LogP contribution in [0.5, 0.6) is 0 Å². The minimum atomic E-state index is -0.154. The lowest BCUT2D eigenvalue weighted by Gasteiger charge is -2.10. The van der Waals surface area contributed by atoms with E-state index in [2.05, 4.69) is 41.1 Å². The molecule has 5 rings (SSSR count). The molecule has 0 bridgehead atoms. The molecule has 2 aromatic carbocycles. The van der Waals surface area contributed by atoms with E-state index in [0.717, 1.165) is 22.8 Å². The number of aromatic nitrogens is 8. The lowest BCUT2D eigenvalue weighted by Crippen LogP contribution is -2.22. The van der Waals surface area contributed by atoms with Crippen LogP contribution in [-0.4, -0.2) is 45.6 Å². The first-order valence-electron chi connectivity index (χ1n) is 10.9. The smallest absolute Gasteiger partial charge is 0.251 e. The van der Waals surface area contributed by atoms with Crippen LogP contribution in [-0.2, 0) is 20.1 Å². The third-order valence-electron chi connectivity index (χ3n) is 5.43. The highest BCUT2D eigenvalue weighted by Gasteiger charge is 2.12. The molecule has 11 heteroatoms. The molecule has 0 fully saturated rings. The second-order valence-corrected chi connectivity index (χ2v) is 7.72. The van der Waals surface area contributed by atoms with Crippen molar-refractivity contribution in [1.29, 1.82) is 0 Å². The summed E-state index contributed by atoms with van der Waals surface area (Å²) in [5.74, 6) is 1.24. The lowest BCUT2D eigenvalue weighted by atomic mass is 10.1. The van der Waals surface area contributed by atoms with Crippen LogP contribution >= 0.6 is 0 Å². The van der Waals surface area contributed by atoms with Gasteiger partial charge in [-0.15, -0.1) is 15.3 Å². The van der Waals surface area contributed by atoms with Gasteiger partial charge in [-0.25, -0.2) is 14.6 Å². The van der Waals surface area contributed by atoms with E-state index >= 15 is 0 Å². The van der Waals surface area contributed by atoms with Crippen molar-refractivity contribution in [3.8, 4) is 17.2 Å². The van der Waals surface area contributed by atoms with Gasteiger partial charge in [-0.2, -0.15) is 0 Å². The number of amides is 1. The standard InChI is InChI=1S/C24H22N10O/c1-33-22(30-31-23(33)21-9-10-25-16-28-21)15-26-19-4-2-3-18(13-19)24(35)27-14-17-5-7-20(8-6-17)34-12-11-29-32-34/h2-13,16,26H,14-15H2,1H3,(H,27,35). The third-order valence-corrected chi connectivity index (χ3v) is 5.43. The van der Waals surface area contributed by atoms with Crippen molar-refractivity contribution in [3.63, 3.8) is 0 Å². The second-order valence-electron chi connectivity index (χ2n) is 7.72. The Kier molecular flexibility index (Phi) is 6.20. The van der Waals surface area contributed by atoms with E-state index in [0.29, 0.717) is 30.2 Å². The molecule has 0 radical (unpaired) electrons. The highest BCUT2D eigenvalue weighted by atomic mass is 16.1. The molecule has 11 nitrogen and oxygen atoms in total. The molecule has 174 valence electrons. The molecule has 1 amide bonds. The predicted octanol–water partition coefficient (Wildman–Crippen LogP) is 2.39. The van der Waals surface area contributed by atoms with E-state index in [1.807, 2.05) is 54.1 Å². The average molecular weight is 467 g/mol. The van der Waals surface area contributed by atoms with Gasteiger partial charge in [0.05, 0.1) is 24.6 Å². The van der Waals surface area contributed by atoms with E-state index in [1.165, 1.54) is 6.33 Å². The summed E-state index contributed by atoms with van der Waals surface area (Å²) in [6, 6.07) is 16.9. The molecule has 0 spiro atoms. The van der Waals surface area contributed by atoms with Gasteiger partial charge in [0, 0.05) is 31.0 Å². The molecular weight excluding hydrogens is 444 g/mol. The molecule has 0 aliphatic rings. The lowest BCUT2D eigenvalue weighted by molar-refractivity contribution is 0.0951. The van der Waals surface area contributed by atoms with Crippen molar-refractivity contribution >= 4 is 11.6 Å². The summed E-state index contributed by atoms with van der Waals surface area (Å²) >= 11 is 0. The van der Waals surface area contributed by atoms with Gasteiger partial charge in [0.1, 0.15) is 12.0 Å². The van der Waals surface area contributed by atoms with E-state index in [4.69, 9.17) is 0 Å². The highest BCUT2D eigenvalue weighted by Crippen LogP contribution is 2.16. The Morgan fingerprint density at radius 2 is 1.89 bits per heavy atom. The maximum absolute atomic E-state index is 12.7. The number of benzene rings is 2. The summed E-state index contributed by atoms with van der Waals surface area (Å²) in [5, 5.41) is 22.5. The summed E-state index contributed by atoms with van der Waals surface area (Å²) in [7, 11) is 1.89. The fraction of sp³-hybridized carbons (Fsp3) is 0.125. The van der Waals surface area contributed by atoms with Crippen LogP contribution in [0.1, 0.15) is 21.7 Å². The minimum absolute atomic E-state index is 0.154. The van der Waals surface area contributed by atoms with Gasteiger partial charge >= 0.3 is 0 Å². The molecule has 3 heterocycles. The Morgan fingerprint density at radius 1 is 1.00 bits per heavy atom. The van der Waals surface area contributed by atoms with Gasteiger partial charge in [-0.05, 0) is 42.0 Å². The molecule has 0 unspecified atom stereocenters. The predicted molar refractivity (Wildman–Crippen MR) is 128 cm³/mol. The Balaban J connectivity index is 1.18. The summed E-state index contributed by atoms with van der Waals surface area (Å²) < 4.78 is 3.55. The molecule has 35 heavy (non-hydrogen) atoms. The maximum atomic E-state index is 12.7. The monoisotopic (exact) mass is 466 g/mol. The van der Waals surface area contributed by atoms with Gasteiger partial charge < -0.3 is 15.2 Å². The fourth-order valence-electron chi connectivity index (χ4n) is 3.51. The number of nitrogens with zero attached hydrogens (tertiary/aromatic N) is 8. The molecule has 0 atom stereocenters. The quantitative estimate of drug-likeness (QED) is 0.357. The number of anilines is 1. The molecule has 0 aliphatic heterocycles. The van der Waals surface area contributed by atoms with Gasteiger partial charge in [0.25, 0.3) is 5.91 Å². The molecule has 0 saturated heterocycles. The van der Waals surface area contributed by atoms with Gasteiger partial charge in [0.2, 0.25) is 0 Å². The van der Waals surface area contributed by atoms with E-state index < -0.39 is 0 Å². The first-order chi connectivity index (χ1) is 17.2. The maximum Gasteiger partial charge on any atom is 0.251 e. The Hall–Kier alpha value is -4.93. The average Bonchev–Trinajstić information content (AvgIpc) is 3.57. The number of rotatable bonds is 8. The zero-order valence-corrected chi connectivity index (χ0v) is 18.9. The van der Waals surface area contributed by atoms with E-state index in [9.17, 15) is 4.79 Å². The van der Waals surface area contributed by atoms with Crippen LogP contribution in [0.25, 0.3) is 17.2 Å². The van der Waals surface area contributed by atoms with Crippen molar-refractivity contribution < 1.29 is 4.79 Å². The minimum Gasteiger partial charge on any atom is -0.378 e. The summed E-state index contributed by atoms with van der Waals surface area (Å²) in [5.41, 5.74) is 3.96. The van der Waals surface area contributed by atoms with Crippen LogP contribution in [0.3, 0.4) is 0 Å². The van der Waals surface area contributed by atoms with Gasteiger partial charge in [0.15, 0.2) is 11.6 Å². The molecule has 0 saturated carbocycles. The normalized spacial score (nSPS) is 10.8.